The molecule has 0 spiro atoms. The number of nitrogens with zero attached hydrogens (tertiary/aromatic N) is 2. The van der Waals surface area contributed by atoms with Crippen LogP contribution in [-0.2, 0) is 0 Å². The van der Waals surface area contributed by atoms with Gasteiger partial charge in [-0.25, -0.2) is 4.79 Å². The summed E-state index contributed by atoms with van der Waals surface area (Å²) in [6.45, 7) is 12.1. The van der Waals surface area contributed by atoms with Crippen molar-refractivity contribution in [3.05, 3.63) is 0 Å². The third kappa shape index (κ3) is 2.86. The maximum Gasteiger partial charge on any atom is 0.319 e. The largest absolute Gasteiger partial charge is 0.325 e. The van der Waals surface area contributed by atoms with Crippen LogP contribution in [-0.4, -0.2) is 42.0 Å². The average molecular weight is 212 g/mol. The van der Waals surface area contributed by atoms with Gasteiger partial charge in [-0.3, -0.25) is 0 Å². The molecule has 0 aliphatic carbocycles. The van der Waals surface area contributed by atoms with E-state index >= 15 is 0 Å². The van der Waals surface area contributed by atoms with Gasteiger partial charge in [0.05, 0.1) is 0 Å². The van der Waals surface area contributed by atoms with Crippen LogP contribution < -0.4 is 0 Å². The molecule has 2 amide bonds. The Hall–Kier alpha value is -0.730. The Bertz CT molecular complexity index is 212. The van der Waals surface area contributed by atoms with Crippen molar-refractivity contribution in [2.75, 3.05) is 26.2 Å². The minimum Gasteiger partial charge on any atom is -0.325 e. The van der Waals surface area contributed by atoms with Gasteiger partial charge in [-0.15, -0.1) is 0 Å². The Morgan fingerprint density at radius 2 is 2.00 bits per heavy atom. The number of urea groups is 1. The average Bonchev–Trinajstić information content (AvgIpc) is 2.68. The summed E-state index contributed by atoms with van der Waals surface area (Å²) in [5.74, 6) is 1.39. The molecule has 1 heterocycles. The Morgan fingerprint density at radius 1 is 1.40 bits per heavy atom. The second-order valence-electron chi connectivity index (χ2n) is 4.69. The highest BCUT2D eigenvalue weighted by Gasteiger charge is 2.29. The monoisotopic (exact) mass is 212 g/mol. The van der Waals surface area contributed by atoms with Crippen molar-refractivity contribution in [1.82, 2.24) is 9.80 Å². The Kier molecular flexibility index (Phi) is 4.43. The smallest absolute Gasteiger partial charge is 0.319 e. The summed E-state index contributed by atoms with van der Waals surface area (Å²) in [6.07, 6.45) is 1.17. The zero-order chi connectivity index (χ0) is 11.4. The minimum absolute atomic E-state index is 0.225. The summed E-state index contributed by atoms with van der Waals surface area (Å²) >= 11 is 0. The molecule has 15 heavy (non-hydrogen) atoms. The van der Waals surface area contributed by atoms with Crippen LogP contribution in [0.3, 0.4) is 0 Å². The highest BCUT2D eigenvalue weighted by atomic mass is 16.2. The Labute approximate surface area is 93.4 Å². The van der Waals surface area contributed by atoms with Gasteiger partial charge in [0.1, 0.15) is 0 Å². The molecule has 0 N–H and O–H groups in total. The molecule has 1 aliphatic heterocycles. The molecule has 1 unspecified atom stereocenters. The van der Waals surface area contributed by atoms with Crippen LogP contribution in [0, 0.1) is 11.8 Å². The van der Waals surface area contributed by atoms with E-state index in [1.54, 1.807) is 0 Å². The summed E-state index contributed by atoms with van der Waals surface area (Å²) in [4.78, 5) is 15.9. The molecule has 1 rings (SSSR count). The summed E-state index contributed by atoms with van der Waals surface area (Å²) in [6, 6.07) is 0.225. The molecule has 0 radical (unpaired) electrons. The fourth-order valence-corrected chi connectivity index (χ4v) is 2.20. The standard InChI is InChI=1S/C12H24N2O/c1-5-13(6-2)12(15)14-8-7-11(9-14)10(3)4/h10-11H,5-9H2,1-4H3. The second kappa shape index (κ2) is 5.38. The fraction of sp³-hybridized carbons (Fsp3) is 0.917. The Morgan fingerprint density at radius 3 is 2.40 bits per heavy atom. The highest BCUT2D eigenvalue weighted by molar-refractivity contribution is 5.74. The van der Waals surface area contributed by atoms with Gasteiger partial charge in [-0.2, -0.15) is 0 Å². The van der Waals surface area contributed by atoms with Crippen LogP contribution in [0.4, 0.5) is 4.79 Å². The van der Waals surface area contributed by atoms with Crippen LogP contribution in [0.25, 0.3) is 0 Å². The molecule has 0 bridgehead atoms. The molecular weight excluding hydrogens is 188 g/mol. The predicted molar refractivity (Wildman–Crippen MR) is 62.8 cm³/mol. The molecule has 88 valence electrons. The SMILES string of the molecule is CCN(CC)C(=O)N1CCC(C(C)C)C1. The first kappa shape index (κ1) is 12.3. The van der Waals surface area contributed by atoms with Crippen LogP contribution in [0.1, 0.15) is 34.1 Å². The second-order valence-corrected chi connectivity index (χ2v) is 4.69. The van der Waals surface area contributed by atoms with Crippen molar-refractivity contribution in [2.24, 2.45) is 11.8 Å². The fourth-order valence-electron chi connectivity index (χ4n) is 2.20. The number of amides is 2. The van der Waals surface area contributed by atoms with E-state index in [1.807, 2.05) is 23.6 Å². The van der Waals surface area contributed by atoms with Crippen molar-refractivity contribution >= 4 is 6.03 Å². The molecule has 3 heteroatoms. The zero-order valence-electron chi connectivity index (χ0n) is 10.5. The molecule has 1 saturated heterocycles. The zero-order valence-corrected chi connectivity index (χ0v) is 10.5. The number of hydrogen-bond acceptors (Lipinski definition) is 1. The molecule has 0 saturated carbocycles. The quantitative estimate of drug-likeness (QED) is 0.705. The highest BCUT2D eigenvalue weighted by Crippen LogP contribution is 2.24. The lowest BCUT2D eigenvalue weighted by Crippen LogP contribution is -2.42. The van der Waals surface area contributed by atoms with E-state index in [0.717, 1.165) is 26.2 Å². The number of rotatable bonds is 3. The Balaban J connectivity index is 2.49. The maximum atomic E-state index is 12.0. The van der Waals surface area contributed by atoms with Crippen molar-refractivity contribution in [3.63, 3.8) is 0 Å². The third-order valence-electron chi connectivity index (χ3n) is 3.47. The van der Waals surface area contributed by atoms with E-state index in [4.69, 9.17) is 0 Å². The van der Waals surface area contributed by atoms with Gasteiger partial charge in [0.25, 0.3) is 0 Å². The molecule has 3 nitrogen and oxygen atoms in total. The molecule has 0 aromatic carbocycles. The van der Waals surface area contributed by atoms with E-state index < -0.39 is 0 Å². The van der Waals surface area contributed by atoms with E-state index in [0.29, 0.717) is 11.8 Å². The first-order valence-corrected chi connectivity index (χ1v) is 6.13. The van der Waals surface area contributed by atoms with Gasteiger partial charge >= 0.3 is 6.03 Å². The van der Waals surface area contributed by atoms with Gasteiger partial charge in [0, 0.05) is 26.2 Å². The molecule has 0 aromatic heterocycles. The van der Waals surface area contributed by atoms with Gasteiger partial charge in [-0.05, 0) is 32.1 Å². The molecular formula is C12H24N2O. The molecule has 1 atom stereocenters. The van der Waals surface area contributed by atoms with Crippen molar-refractivity contribution < 1.29 is 4.79 Å². The number of carbonyl (C=O) groups excluding carboxylic acids is 1. The van der Waals surface area contributed by atoms with Gasteiger partial charge in [0.15, 0.2) is 0 Å². The first-order valence-electron chi connectivity index (χ1n) is 6.13. The van der Waals surface area contributed by atoms with Crippen molar-refractivity contribution in [3.8, 4) is 0 Å². The maximum absolute atomic E-state index is 12.0. The molecule has 1 aliphatic rings. The van der Waals surface area contributed by atoms with Crippen molar-refractivity contribution in [2.45, 2.75) is 34.1 Å². The lowest BCUT2D eigenvalue weighted by atomic mass is 9.95. The van der Waals surface area contributed by atoms with E-state index in [-0.39, 0.29) is 6.03 Å². The normalized spacial score (nSPS) is 21.1. The van der Waals surface area contributed by atoms with Gasteiger partial charge in [-0.1, -0.05) is 13.8 Å². The van der Waals surface area contributed by atoms with E-state index in [1.165, 1.54) is 6.42 Å². The topological polar surface area (TPSA) is 23.6 Å². The summed E-state index contributed by atoms with van der Waals surface area (Å²) in [5.41, 5.74) is 0. The molecule has 0 aromatic rings. The number of hydrogen-bond donors (Lipinski definition) is 0. The summed E-state index contributed by atoms with van der Waals surface area (Å²) in [7, 11) is 0. The number of likely N-dealkylation sites (tertiary alicyclic amines) is 1. The lowest BCUT2D eigenvalue weighted by molar-refractivity contribution is 0.164. The van der Waals surface area contributed by atoms with Crippen LogP contribution in [0.5, 0.6) is 0 Å². The summed E-state index contributed by atoms with van der Waals surface area (Å²) < 4.78 is 0. The minimum atomic E-state index is 0.225. The van der Waals surface area contributed by atoms with E-state index in [2.05, 4.69) is 13.8 Å². The van der Waals surface area contributed by atoms with Gasteiger partial charge < -0.3 is 9.80 Å². The first-order chi connectivity index (χ1) is 7.10. The van der Waals surface area contributed by atoms with Crippen molar-refractivity contribution in [1.29, 1.82) is 0 Å². The third-order valence-corrected chi connectivity index (χ3v) is 3.47. The molecule has 1 fully saturated rings. The predicted octanol–water partition coefficient (Wildman–Crippen LogP) is 2.43. The summed E-state index contributed by atoms with van der Waals surface area (Å²) in [5, 5.41) is 0. The number of carbonyl (C=O) groups is 1. The van der Waals surface area contributed by atoms with Gasteiger partial charge in [0.2, 0.25) is 0 Å². The van der Waals surface area contributed by atoms with Crippen LogP contribution in [0.15, 0.2) is 0 Å². The van der Waals surface area contributed by atoms with Crippen LogP contribution >= 0.6 is 0 Å². The lowest BCUT2D eigenvalue weighted by Gasteiger charge is -2.26. The van der Waals surface area contributed by atoms with Crippen LogP contribution in [0.2, 0.25) is 0 Å². The van der Waals surface area contributed by atoms with E-state index in [9.17, 15) is 4.79 Å².